The molecule has 8 nitrogen and oxygen atoms in total. The summed E-state index contributed by atoms with van der Waals surface area (Å²) in [7, 11) is 0. The van der Waals surface area contributed by atoms with Gasteiger partial charge < -0.3 is 19.6 Å². The van der Waals surface area contributed by atoms with Crippen molar-refractivity contribution in [2.45, 2.75) is 52.2 Å². The van der Waals surface area contributed by atoms with E-state index in [1.54, 1.807) is 23.2 Å². The van der Waals surface area contributed by atoms with E-state index in [2.05, 4.69) is 15.1 Å². The highest BCUT2D eigenvalue weighted by Crippen LogP contribution is 2.31. The predicted molar refractivity (Wildman–Crippen MR) is 110 cm³/mol. The molecule has 1 aromatic carbocycles. The Morgan fingerprint density at radius 2 is 1.93 bits per heavy atom. The summed E-state index contributed by atoms with van der Waals surface area (Å²) < 4.78 is 5.55. The third kappa shape index (κ3) is 4.58. The van der Waals surface area contributed by atoms with Gasteiger partial charge in [0, 0.05) is 36.7 Å². The Morgan fingerprint density at radius 3 is 2.52 bits per heavy atom. The lowest BCUT2D eigenvalue weighted by Crippen LogP contribution is -2.48. The number of fused-ring (bicyclic) bond motifs is 1. The number of hydrogen-bond acceptors (Lipinski definition) is 6. The Bertz CT molecular complexity index is 901. The molecule has 1 fully saturated rings. The molecule has 156 valence electrons. The van der Waals surface area contributed by atoms with Gasteiger partial charge in [-0.1, -0.05) is 0 Å². The number of carbonyl (C=O) groups excluding carboxylic acids is 1. The molecule has 3 rings (SSSR count). The lowest BCUT2D eigenvalue weighted by atomic mass is 10.0. The number of nitrogens with zero attached hydrogens (tertiary/aromatic N) is 4. The lowest BCUT2D eigenvalue weighted by molar-refractivity contribution is 0.0149. The number of aromatic carboxylic acids is 1. The lowest BCUT2D eigenvalue weighted by Gasteiger charge is -2.39. The number of piperidine rings is 1. The first-order valence-electron chi connectivity index (χ1n) is 9.93. The van der Waals surface area contributed by atoms with Gasteiger partial charge in [-0.3, -0.25) is 0 Å². The van der Waals surface area contributed by atoms with Gasteiger partial charge in [-0.2, -0.15) is 5.10 Å². The summed E-state index contributed by atoms with van der Waals surface area (Å²) in [5.74, 6) is -1.02. The maximum absolute atomic E-state index is 12.5. The third-order valence-corrected chi connectivity index (χ3v) is 5.10. The molecule has 8 heteroatoms. The number of aromatic nitrogens is 2. The molecule has 1 saturated heterocycles. The summed E-state index contributed by atoms with van der Waals surface area (Å²) in [5, 5.41) is 18.1. The number of carbonyl (C=O) groups is 2. The van der Waals surface area contributed by atoms with Crippen molar-refractivity contribution in [1.29, 1.82) is 0 Å². The van der Waals surface area contributed by atoms with Crippen LogP contribution in [0.3, 0.4) is 0 Å². The second kappa shape index (κ2) is 8.23. The van der Waals surface area contributed by atoms with E-state index in [1.165, 1.54) is 0 Å². The fourth-order valence-corrected chi connectivity index (χ4v) is 3.79. The molecule has 2 aromatic rings. The van der Waals surface area contributed by atoms with Crippen molar-refractivity contribution in [3.8, 4) is 0 Å². The van der Waals surface area contributed by atoms with E-state index in [-0.39, 0.29) is 17.7 Å². The van der Waals surface area contributed by atoms with Gasteiger partial charge in [0.05, 0.1) is 11.8 Å². The van der Waals surface area contributed by atoms with E-state index in [0.717, 1.165) is 37.0 Å². The molecule has 0 atom stereocenters. The highest BCUT2D eigenvalue weighted by molar-refractivity contribution is 6.05. The maximum Gasteiger partial charge on any atom is 0.410 e. The smallest absolute Gasteiger partial charge is 0.410 e. The number of benzene rings is 1. The molecular formula is C21H28N4O4. The molecule has 1 N–H and O–H groups in total. The summed E-state index contributed by atoms with van der Waals surface area (Å²) in [5.41, 5.74) is 0.966. The maximum atomic E-state index is 12.5. The van der Waals surface area contributed by atoms with E-state index in [0.29, 0.717) is 12.1 Å². The minimum absolute atomic E-state index is 0.121. The molecule has 1 amide bonds. The summed E-state index contributed by atoms with van der Waals surface area (Å²) in [6.07, 6.45) is 2.93. The second-order valence-corrected chi connectivity index (χ2v) is 8.22. The van der Waals surface area contributed by atoms with E-state index < -0.39 is 11.6 Å². The molecule has 0 saturated carbocycles. The van der Waals surface area contributed by atoms with Crippen LogP contribution in [0.15, 0.2) is 24.4 Å². The Kier molecular flexibility index (Phi) is 5.91. The fraction of sp³-hybridized carbons (Fsp3) is 0.524. The topological polar surface area (TPSA) is 95.9 Å². The van der Waals surface area contributed by atoms with E-state index in [4.69, 9.17) is 4.74 Å². The van der Waals surface area contributed by atoms with Gasteiger partial charge in [0.2, 0.25) is 0 Å². The first kappa shape index (κ1) is 20.8. The van der Waals surface area contributed by atoms with Gasteiger partial charge in [0.1, 0.15) is 11.1 Å². The van der Waals surface area contributed by atoms with Crippen LogP contribution in [-0.4, -0.2) is 63.5 Å². The minimum atomic E-state index is -1.02. The van der Waals surface area contributed by atoms with Crippen molar-refractivity contribution in [2.24, 2.45) is 0 Å². The van der Waals surface area contributed by atoms with Crippen molar-refractivity contribution in [3.63, 3.8) is 0 Å². The van der Waals surface area contributed by atoms with Crippen molar-refractivity contribution in [3.05, 3.63) is 30.0 Å². The van der Waals surface area contributed by atoms with Gasteiger partial charge in [-0.25, -0.2) is 9.59 Å². The SMILES string of the molecule is CCN(C(=O)OC(C)(C)C)C1CCN(c2ccc(C(=O)O)c3nnccc23)CC1. The van der Waals surface area contributed by atoms with E-state index >= 15 is 0 Å². The number of carboxylic acids is 1. The molecule has 0 bridgehead atoms. The van der Waals surface area contributed by atoms with Crippen LogP contribution in [0.2, 0.25) is 0 Å². The third-order valence-electron chi connectivity index (χ3n) is 5.10. The van der Waals surface area contributed by atoms with Gasteiger partial charge >= 0.3 is 12.1 Å². The molecule has 29 heavy (non-hydrogen) atoms. The summed E-state index contributed by atoms with van der Waals surface area (Å²) >= 11 is 0. The summed E-state index contributed by atoms with van der Waals surface area (Å²) in [6.45, 7) is 9.70. The molecule has 1 aliphatic heterocycles. The van der Waals surface area contributed by atoms with E-state index in [1.807, 2.05) is 33.8 Å². The number of rotatable bonds is 4. The fourth-order valence-electron chi connectivity index (χ4n) is 3.79. The Labute approximate surface area is 170 Å². The van der Waals surface area contributed by atoms with Crippen molar-refractivity contribution >= 4 is 28.7 Å². The predicted octanol–water partition coefficient (Wildman–Crippen LogP) is 3.55. The molecule has 2 heterocycles. The number of hydrogen-bond donors (Lipinski definition) is 1. The van der Waals surface area contributed by atoms with Crippen LogP contribution in [0.1, 0.15) is 50.9 Å². The van der Waals surface area contributed by atoms with Crippen LogP contribution >= 0.6 is 0 Å². The van der Waals surface area contributed by atoms with Crippen LogP contribution in [0, 0.1) is 0 Å². The van der Waals surface area contributed by atoms with Crippen molar-refractivity contribution < 1.29 is 19.4 Å². The summed E-state index contributed by atoms with van der Waals surface area (Å²) in [6, 6.07) is 5.34. The first-order valence-corrected chi connectivity index (χ1v) is 9.93. The average Bonchev–Trinajstić information content (AvgIpc) is 2.67. The quantitative estimate of drug-likeness (QED) is 0.838. The molecule has 0 aliphatic carbocycles. The average molecular weight is 400 g/mol. The van der Waals surface area contributed by atoms with Crippen molar-refractivity contribution in [1.82, 2.24) is 15.1 Å². The Hall–Kier alpha value is -2.90. The van der Waals surface area contributed by atoms with Crippen LogP contribution in [0.25, 0.3) is 10.9 Å². The Morgan fingerprint density at radius 1 is 1.24 bits per heavy atom. The van der Waals surface area contributed by atoms with Gasteiger partial charge in [0.15, 0.2) is 0 Å². The molecule has 0 spiro atoms. The van der Waals surface area contributed by atoms with Crippen molar-refractivity contribution in [2.75, 3.05) is 24.5 Å². The molecule has 0 unspecified atom stereocenters. The zero-order valence-electron chi connectivity index (χ0n) is 17.4. The monoisotopic (exact) mass is 400 g/mol. The number of carboxylic acid groups (broad SMARTS) is 1. The summed E-state index contributed by atoms with van der Waals surface area (Å²) in [4.78, 5) is 28.0. The van der Waals surface area contributed by atoms with Crippen LogP contribution in [-0.2, 0) is 4.74 Å². The highest BCUT2D eigenvalue weighted by Gasteiger charge is 2.30. The van der Waals surface area contributed by atoms with Crippen LogP contribution in [0.5, 0.6) is 0 Å². The zero-order valence-corrected chi connectivity index (χ0v) is 17.4. The van der Waals surface area contributed by atoms with E-state index in [9.17, 15) is 14.7 Å². The van der Waals surface area contributed by atoms with Crippen LogP contribution < -0.4 is 4.90 Å². The second-order valence-electron chi connectivity index (χ2n) is 8.22. The molecular weight excluding hydrogens is 372 g/mol. The minimum Gasteiger partial charge on any atom is -0.478 e. The molecule has 1 aromatic heterocycles. The highest BCUT2D eigenvalue weighted by atomic mass is 16.6. The molecule has 1 aliphatic rings. The van der Waals surface area contributed by atoms with Gasteiger partial charge in [0.25, 0.3) is 0 Å². The van der Waals surface area contributed by atoms with Gasteiger partial charge in [-0.05, 0) is 58.7 Å². The molecule has 0 radical (unpaired) electrons. The number of ether oxygens (including phenoxy) is 1. The Balaban J connectivity index is 1.77. The number of amides is 1. The number of anilines is 1. The normalized spacial score (nSPS) is 15.4. The van der Waals surface area contributed by atoms with Crippen LogP contribution in [0.4, 0.5) is 10.5 Å². The zero-order chi connectivity index (χ0) is 21.2. The first-order chi connectivity index (χ1) is 13.7. The standard InChI is InChI=1S/C21H28N4O4/c1-5-25(20(28)29-21(2,3)4)14-9-12-24(13-10-14)17-7-6-16(19(26)27)18-15(17)8-11-22-23-18/h6-8,11,14H,5,9-10,12-13H2,1-4H3,(H,26,27). The largest absolute Gasteiger partial charge is 0.478 e. The van der Waals surface area contributed by atoms with Gasteiger partial charge in [-0.15, -0.1) is 5.10 Å².